The average Bonchev–Trinajstić information content (AvgIpc) is 2.13. The number of methoxy groups -OCH3 is 1. The second kappa shape index (κ2) is 5.81. The Morgan fingerprint density at radius 3 is 2.56 bits per heavy atom. The number of ether oxygens (including phenoxy) is 1. The predicted molar refractivity (Wildman–Crippen MR) is 57.0 cm³/mol. The largest absolute Gasteiger partial charge is 0.480 e. The third kappa shape index (κ3) is 3.18. The fraction of sp³-hybridized carbons (Fsp3) is 0.800. The van der Waals surface area contributed by atoms with Crippen LogP contribution in [-0.4, -0.2) is 49.8 Å². The summed E-state index contributed by atoms with van der Waals surface area (Å²) in [5, 5.41) is 14.4. The number of nitrogens with one attached hydrogen (secondary N) is 2. The van der Waals surface area contributed by atoms with Gasteiger partial charge in [-0.3, -0.25) is 4.79 Å². The van der Waals surface area contributed by atoms with E-state index >= 15 is 0 Å². The lowest BCUT2D eigenvalue weighted by Crippen LogP contribution is -2.52. The minimum atomic E-state index is -1.07. The minimum Gasteiger partial charge on any atom is -0.480 e. The molecule has 92 valence electrons. The molecule has 1 amide bonds. The fourth-order valence-electron chi connectivity index (χ4n) is 1.52. The van der Waals surface area contributed by atoms with E-state index < -0.39 is 12.0 Å². The number of carbonyl (C=O) groups excluding carboxylic acids is 1. The summed E-state index contributed by atoms with van der Waals surface area (Å²) in [4.78, 5) is 22.5. The van der Waals surface area contributed by atoms with Crippen molar-refractivity contribution in [1.82, 2.24) is 10.6 Å². The van der Waals surface area contributed by atoms with Crippen molar-refractivity contribution >= 4 is 11.9 Å². The number of hydrogen-bond acceptors (Lipinski definition) is 4. The lowest BCUT2D eigenvalue weighted by Gasteiger charge is -2.32. The van der Waals surface area contributed by atoms with Gasteiger partial charge < -0.3 is 20.5 Å². The van der Waals surface area contributed by atoms with Crippen LogP contribution in [-0.2, 0) is 14.3 Å². The maximum absolute atomic E-state index is 11.7. The Labute approximate surface area is 94.3 Å². The Hall–Kier alpha value is -1.14. The van der Waals surface area contributed by atoms with Gasteiger partial charge in [0.2, 0.25) is 5.91 Å². The van der Waals surface area contributed by atoms with Gasteiger partial charge in [-0.15, -0.1) is 0 Å². The molecule has 0 bridgehead atoms. The molecule has 0 spiro atoms. The van der Waals surface area contributed by atoms with Crippen LogP contribution < -0.4 is 10.6 Å². The number of aliphatic carboxylic acids is 1. The molecule has 6 heteroatoms. The summed E-state index contributed by atoms with van der Waals surface area (Å²) < 4.78 is 4.74. The van der Waals surface area contributed by atoms with E-state index in [9.17, 15) is 9.59 Å². The third-order valence-corrected chi connectivity index (χ3v) is 2.88. The van der Waals surface area contributed by atoms with Crippen LogP contribution in [0.5, 0.6) is 0 Å². The molecule has 1 heterocycles. The van der Waals surface area contributed by atoms with Crippen molar-refractivity contribution in [3.05, 3.63) is 0 Å². The lowest BCUT2D eigenvalue weighted by molar-refractivity contribution is -0.144. The summed E-state index contributed by atoms with van der Waals surface area (Å²) in [7, 11) is 1.40. The summed E-state index contributed by atoms with van der Waals surface area (Å²) in [5.74, 6) is -1.16. The normalized spacial score (nSPS) is 19.6. The second-order valence-electron chi connectivity index (χ2n) is 4.06. The molecule has 0 aliphatic carbocycles. The highest BCUT2D eigenvalue weighted by Crippen LogP contribution is 2.15. The Bertz CT molecular complexity index is 266. The molecule has 1 rings (SSSR count). The average molecular weight is 230 g/mol. The maximum Gasteiger partial charge on any atom is 0.328 e. The Morgan fingerprint density at radius 2 is 2.19 bits per heavy atom. The molecule has 1 fully saturated rings. The Balaban J connectivity index is 2.43. The molecular formula is C10H18N2O4. The zero-order valence-electron chi connectivity index (χ0n) is 9.53. The third-order valence-electron chi connectivity index (χ3n) is 2.88. The van der Waals surface area contributed by atoms with E-state index in [0.29, 0.717) is 5.92 Å². The van der Waals surface area contributed by atoms with Crippen molar-refractivity contribution in [3.63, 3.8) is 0 Å². The van der Waals surface area contributed by atoms with Crippen LogP contribution in [0.4, 0.5) is 0 Å². The first-order valence-electron chi connectivity index (χ1n) is 5.29. The van der Waals surface area contributed by atoms with Gasteiger partial charge in [0.1, 0.15) is 0 Å². The Kier molecular flexibility index (Phi) is 4.70. The van der Waals surface area contributed by atoms with Crippen LogP contribution in [0, 0.1) is 11.8 Å². The van der Waals surface area contributed by atoms with Crippen LogP contribution in [0.2, 0.25) is 0 Å². The topological polar surface area (TPSA) is 87.7 Å². The molecule has 6 nitrogen and oxygen atoms in total. The summed E-state index contributed by atoms with van der Waals surface area (Å²) in [6, 6.07) is -0.965. The van der Waals surface area contributed by atoms with Gasteiger partial charge >= 0.3 is 5.97 Å². The number of carboxylic acid groups (broad SMARTS) is 1. The monoisotopic (exact) mass is 230 g/mol. The first kappa shape index (κ1) is 12.9. The summed E-state index contributed by atoms with van der Waals surface area (Å²) in [6.45, 7) is 3.43. The van der Waals surface area contributed by atoms with Gasteiger partial charge in [-0.1, -0.05) is 6.92 Å². The van der Waals surface area contributed by atoms with E-state index in [1.807, 2.05) is 6.92 Å². The van der Waals surface area contributed by atoms with E-state index in [-0.39, 0.29) is 18.4 Å². The van der Waals surface area contributed by atoms with Crippen LogP contribution in [0.25, 0.3) is 0 Å². The molecule has 16 heavy (non-hydrogen) atoms. The first-order valence-corrected chi connectivity index (χ1v) is 5.29. The van der Waals surface area contributed by atoms with Gasteiger partial charge in [-0.05, 0) is 19.0 Å². The zero-order chi connectivity index (χ0) is 12.1. The van der Waals surface area contributed by atoms with Gasteiger partial charge in [-0.2, -0.15) is 0 Å². The lowest BCUT2D eigenvalue weighted by atomic mass is 9.88. The molecule has 3 N–H and O–H groups in total. The molecule has 0 aromatic heterocycles. The molecule has 2 unspecified atom stereocenters. The summed E-state index contributed by atoms with van der Waals surface area (Å²) in [5.41, 5.74) is 0. The van der Waals surface area contributed by atoms with Crippen molar-refractivity contribution in [2.24, 2.45) is 11.8 Å². The van der Waals surface area contributed by atoms with Gasteiger partial charge in [0.15, 0.2) is 6.04 Å². The highest BCUT2D eigenvalue weighted by molar-refractivity contribution is 5.85. The predicted octanol–water partition coefficient (Wildman–Crippen LogP) is -0.942. The summed E-state index contributed by atoms with van der Waals surface area (Å²) in [6.07, 6.45) is 0. The Morgan fingerprint density at radius 1 is 1.56 bits per heavy atom. The number of amides is 1. The number of rotatable bonds is 6. The van der Waals surface area contributed by atoms with E-state index in [0.717, 1.165) is 13.1 Å². The van der Waals surface area contributed by atoms with E-state index in [4.69, 9.17) is 9.84 Å². The van der Waals surface area contributed by atoms with Crippen molar-refractivity contribution in [3.8, 4) is 0 Å². The second-order valence-corrected chi connectivity index (χ2v) is 4.06. The van der Waals surface area contributed by atoms with Crippen LogP contribution >= 0.6 is 0 Å². The summed E-state index contributed by atoms with van der Waals surface area (Å²) >= 11 is 0. The zero-order valence-corrected chi connectivity index (χ0v) is 9.53. The molecule has 0 saturated carbocycles. The standard InChI is InChI=1S/C10H18N2O4/c1-6(7-3-11-4-7)9(13)12-8(5-16-2)10(14)15/h6-8,11H,3-5H2,1-2H3,(H,12,13)(H,14,15). The quantitative estimate of drug-likeness (QED) is 0.548. The molecule has 1 saturated heterocycles. The van der Waals surface area contributed by atoms with Crippen molar-refractivity contribution in [2.45, 2.75) is 13.0 Å². The van der Waals surface area contributed by atoms with Crippen molar-refractivity contribution in [2.75, 3.05) is 26.8 Å². The molecule has 2 atom stereocenters. The van der Waals surface area contributed by atoms with Crippen molar-refractivity contribution in [1.29, 1.82) is 0 Å². The van der Waals surface area contributed by atoms with E-state index in [2.05, 4.69) is 10.6 Å². The van der Waals surface area contributed by atoms with Gasteiger partial charge in [0.25, 0.3) is 0 Å². The number of hydrogen-bond donors (Lipinski definition) is 3. The first-order chi connectivity index (χ1) is 7.56. The van der Waals surface area contributed by atoms with Crippen LogP contribution in [0.15, 0.2) is 0 Å². The van der Waals surface area contributed by atoms with E-state index in [1.54, 1.807) is 0 Å². The van der Waals surface area contributed by atoms with Crippen LogP contribution in [0.1, 0.15) is 6.92 Å². The highest BCUT2D eigenvalue weighted by Gasteiger charge is 2.31. The number of carbonyl (C=O) groups is 2. The SMILES string of the molecule is COCC(NC(=O)C(C)C1CNC1)C(=O)O. The minimum absolute atomic E-state index is 0.0172. The van der Waals surface area contributed by atoms with Gasteiger partial charge in [0, 0.05) is 13.0 Å². The molecule has 1 aliphatic rings. The van der Waals surface area contributed by atoms with Crippen molar-refractivity contribution < 1.29 is 19.4 Å². The molecule has 0 aromatic carbocycles. The van der Waals surface area contributed by atoms with Gasteiger partial charge in [-0.25, -0.2) is 4.79 Å². The smallest absolute Gasteiger partial charge is 0.328 e. The van der Waals surface area contributed by atoms with Gasteiger partial charge in [0.05, 0.1) is 6.61 Å². The highest BCUT2D eigenvalue weighted by atomic mass is 16.5. The van der Waals surface area contributed by atoms with E-state index in [1.165, 1.54) is 7.11 Å². The molecule has 0 radical (unpaired) electrons. The molecule has 0 aromatic rings. The number of carboxylic acids is 1. The van der Waals surface area contributed by atoms with Crippen LogP contribution in [0.3, 0.4) is 0 Å². The molecular weight excluding hydrogens is 212 g/mol. The fourth-order valence-corrected chi connectivity index (χ4v) is 1.52. The molecule has 1 aliphatic heterocycles. The maximum atomic E-state index is 11.7.